The number of rotatable bonds is 3. The average molecular weight is 237 g/mol. The largest absolute Gasteiger partial charge is 0.375 e. The third-order valence-corrected chi connectivity index (χ3v) is 2.61. The molecule has 0 radical (unpaired) electrons. The Morgan fingerprint density at radius 3 is 3.06 bits per heavy atom. The van der Waals surface area contributed by atoms with Gasteiger partial charge < -0.3 is 11.1 Å². The zero-order valence-electron chi connectivity index (χ0n) is 8.67. The molecule has 16 heavy (non-hydrogen) atoms. The predicted octanol–water partition coefficient (Wildman–Crippen LogP) is 0.640. The Labute approximate surface area is 96.1 Å². The molecule has 0 unspecified atom stereocenters. The van der Waals surface area contributed by atoms with E-state index in [0.29, 0.717) is 16.6 Å². The van der Waals surface area contributed by atoms with Gasteiger partial charge in [0.15, 0.2) is 10.9 Å². The molecule has 7 heteroatoms. The molecule has 6 nitrogen and oxygen atoms in total. The first-order chi connectivity index (χ1) is 7.63. The smallest absolute Gasteiger partial charge is 0.231 e. The fraction of sp³-hybridized carbons (Fsp3) is 0.222. The van der Waals surface area contributed by atoms with Crippen molar-refractivity contribution in [2.45, 2.75) is 6.42 Å². The van der Waals surface area contributed by atoms with Crippen molar-refractivity contribution in [1.82, 2.24) is 14.8 Å². The van der Waals surface area contributed by atoms with Gasteiger partial charge in [-0.3, -0.25) is 9.48 Å². The van der Waals surface area contributed by atoms with Crippen molar-refractivity contribution >= 4 is 28.2 Å². The monoisotopic (exact) mass is 237 g/mol. The molecule has 1 amide bonds. The fourth-order valence-corrected chi connectivity index (χ4v) is 1.80. The molecule has 0 fully saturated rings. The number of carbonyl (C=O) groups is 1. The Morgan fingerprint density at radius 2 is 2.50 bits per heavy atom. The average Bonchev–Trinajstić information content (AvgIpc) is 2.76. The topological polar surface area (TPSA) is 85.8 Å². The molecule has 0 saturated heterocycles. The van der Waals surface area contributed by atoms with Gasteiger partial charge in [-0.05, 0) is 0 Å². The molecule has 2 aromatic heterocycles. The van der Waals surface area contributed by atoms with Crippen molar-refractivity contribution in [3.63, 3.8) is 0 Å². The lowest BCUT2D eigenvalue weighted by atomic mass is 10.3. The highest BCUT2D eigenvalue weighted by atomic mass is 32.1. The standard InChI is InChI=1S/C9H11N5OS/c1-14-3-2-7(13-14)12-8(15)4-6-5-16-9(10)11-6/h2-3,5H,4H2,1H3,(H2,10,11)(H,12,13,15). The van der Waals surface area contributed by atoms with E-state index in [1.54, 1.807) is 29.4 Å². The summed E-state index contributed by atoms with van der Waals surface area (Å²) in [5, 5.41) is 8.96. The number of carbonyl (C=O) groups excluding carboxylic acids is 1. The summed E-state index contributed by atoms with van der Waals surface area (Å²) in [5.74, 6) is 0.389. The summed E-state index contributed by atoms with van der Waals surface area (Å²) < 4.78 is 1.62. The van der Waals surface area contributed by atoms with Crippen LogP contribution in [0.2, 0.25) is 0 Å². The van der Waals surface area contributed by atoms with Crippen LogP contribution in [0.3, 0.4) is 0 Å². The van der Waals surface area contributed by atoms with Crippen LogP contribution in [0, 0.1) is 0 Å². The number of aromatic nitrogens is 3. The zero-order chi connectivity index (χ0) is 11.5. The van der Waals surface area contributed by atoms with Crippen LogP contribution in [0.25, 0.3) is 0 Å². The quantitative estimate of drug-likeness (QED) is 0.820. The molecule has 0 aliphatic rings. The predicted molar refractivity (Wildman–Crippen MR) is 62.1 cm³/mol. The Morgan fingerprint density at radius 1 is 1.69 bits per heavy atom. The van der Waals surface area contributed by atoms with Gasteiger partial charge in [-0.2, -0.15) is 5.10 Å². The first-order valence-electron chi connectivity index (χ1n) is 4.63. The third kappa shape index (κ3) is 2.57. The summed E-state index contributed by atoms with van der Waals surface area (Å²) in [5.41, 5.74) is 6.15. The minimum Gasteiger partial charge on any atom is -0.375 e. The normalized spacial score (nSPS) is 10.3. The maximum atomic E-state index is 11.6. The van der Waals surface area contributed by atoms with Crippen molar-refractivity contribution in [3.8, 4) is 0 Å². The van der Waals surface area contributed by atoms with E-state index in [4.69, 9.17) is 5.73 Å². The number of anilines is 2. The SMILES string of the molecule is Cn1ccc(NC(=O)Cc2csc(N)n2)n1. The summed E-state index contributed by atoms with van der Waals surface area (Å²) >= 11 is 1.32. The Balaban J connectivity index is 1.94. The molecule has 84 valence electrons. The van der Waals surface area contributed by atoms with E-state index < -0.39 is 0 Å². The van der Waals surface area contributed by atoms with Crippen molar-refractivity contribution in [1.29, 1.82) is 0 Å². The Hall–Kier alpha value is -1.89. The van der Waals surface area contributed by atoms with Crippen molar-refractivity contribution in [2.24, 2.45) is 7.05 Å². The number of nitrogens with two attached hydrogens (primary N) is 1. The number of thiazole rings is 1. The number of hydrogen-bond donors (Lipinski definition) is 2. The second-order valence-electron chi connectivity index (χ2n) is 3.28. The third-order valence-electron chi connectivity index (χ3n) is 1.89. The lowest BCUT2D eigenvalue weighted by Gasteiger charge is -1.98. The lowest BCUT2D eigenvalue weighted by Crippen LogP contribution is -2.15. The van der Waals surface area contributed by atoms with E-state index in [-0.39, 0.29) is 12.3 Å². The van der Waals surface area contributed by atoms with Crippen LogP contribution in [-0.2, 0) is 18.3 Å². The molecule has 0 spiro atoms. The Bertz CT molecular complexity index is 459. The number of nitrogen functional groups attached to an aromatic ring is 1. The molecule has 0 aromatic carbocycles. The number of aryl methyl sites for hydroxylation is 1. The number of nitrogens with one attached hydrogen (secondary N) is 1. The number of amides is 1. The highest BCUT2D eigenvalue weighted by Crippen LogP contribution is 2.12. The maximum Gasteiger partial charge on any atom is 0.231 e. The van der Waals surface area contributed by atoms with Crippen molar-refractivity contribution in [3.05, 3.63) is 23.3 Å². The lowest BCUT2D eigenvalue weighted by molar-refractivity contribution is -0.115. The summed E-state index contributed by atoms with van der Waals surface area (Å²) in [7, 11) is 1.79. The molecule has 0 aliphatic carbocycles. The van der Waals surface area contributed by atoms with Gasteiger partial charge in [0.25, 0.3) is 0 Å². The van der Waals surface area contributed by atoms with Crippen LogP contribution >= 0.6 is 11.3 Å². The molecule has 2 rings (SSSR count). The summed E-state index contributed by atoms with van der Waals surface area (Å²) in [6, 6.07) is 1.73. The molecule has 0 saturated carbocycles. The molecule has 0 atom stereocenters. The zero-order valence-corrected chi connectivity index (χ0v) is 9.49. The number of nitrogens with zero attached hydrogens (tertiary/aromatic N) is 3. The van der Waals surface area contributed by atoms with E-state index >= 15 is 0 Å². The van der Waals surface area contributed by atoms with E-state index in [9.17, 15) is 4.79 Å². The van der Waals surface area contributed by atoms with Gasteiger partial charge in [-0.25, -0.2) is 4.98 Å². The maximum absolute atomic E-state index is 11.6. The first-order valence-corrected chi connectivity index (χ1v) is 5.51. The van der Waals surface area contributed by atoms with Crippen molar-refractivity contribution in [2.75, 3.05) is 11.1 Å². The molecule has 2 heterocycles. The fourth-order valence-electron chi connectivity index (χ4n) is 1.24. The van der Waals surface area contributed by atoms with Crippen LogP contribution in [0.15, 0.2) is 17.6 Å². The molecule has 0 aliphatic heterocycles. The highest BCUT2D eigenvalue weighted by molar-refractivity contribution is 7.13. The second-order valence-corrected chi connectivity index (χ2v) is 4.17. The highest BCUT2D eigenvalue weighted by Gasteiger charge is 2.08. The van der Waals surface area contributed by atoms with Crippen LogP contribution < -0.4 is 11.1 Å². The van der Waals surface area contributed by atoms with Crippen LogP contribution in [0.5, 0.6) is 0 Å². The summed E-state index contributed by atoms with van der Waals surface area (Å²) in [4.78, 5) is 15.6. The van der Waals surface area contributed by atoms with Crippen molar-refractivity contribution < 1.29 is 4.79 Å². The van der Waals surface area contributed by atoms with Crippen LogP contribution in [-0.4, -0.2) is 20.7 Å². The molecule has 3 N–H and O–H groups in total. The summed E-state index contributed by atoms with van der Waals surface area (Å²) in [6.07, 6.45) is 1.97. The van der Waals surface area contributed by atoms with Gasteiger partial charge in [0.1, 0.15) is 0 Å². The molecular formula is C9H11N5OS. The number of hydrogen-bond acceptors (Lipinski definition) is 5. The van der Waals surface area contributed by atoms with Gasteiger partial charge in [0.2, 0.25) is 5.91 Å². The summed E-state index contributed by atoms with van der Waals surface area (Å²) in [6.45, 7) is 0. The van der Waals surface area contributed by atoms with E-state index in [2.05, 4.69) is 15.4 Å². The second kappa shape index (κ2) is 4.31. The minimum absolute atomic E-state index is 0.149. The van der Waals surface area contributed by atoms with Gasteiger partial charge in [0.05, 0.1) is 12.1 Å². The van der Waals surface area contributed by atoms with E-state index in [1.165, 1.54) is 11.3 Å². The molecular weight excluding hydrogens is 226 g/mol. The molecule has 2 aromatic rings. The van der Waals surface area contributed by atoms with E-state index in [1.807, 2.05) is 0 Å². The van der Waals surface area contributed by atoms with Gasteiger partial charge in [-0.1, -0.05) is 0 Å². The van der Waals surface area contributed by atoms with Crippen LogP contribution in [0.1, 0.15) is 5.69 Å². The minimum atomic E-state index is -0.149. The van der Waals surface area contributed by atoms with Crippen LogP contribution in [0.4, 0.5) is 10.9 Å². The first kappa shape index (κ1) is 10.6. The molecule has 0 bridgehead atoms. The van der Waals surface area contributed by atoms with Gasteiger partial charge in [-0.15, -0.1) is 11.3 Å². The van der Waals surface area contributed by atoms with Gasteiger partial charge in [0, 0.05) is 24.7 Å². The Kier molecular flexibility index (Phi) is 2.86. The van der Waals surface area contributed by atoms with E-state index in [0.717, 1.165) is 0 Å². The van der Waals surface area contributed by atoms with Gasteiger partial charge >= 0.3 is 0 Å².